The van der Waals surface area contributed by atoms with Crippen LogP contribution in [0.2, 0.25) is 25.7 Å². The zero-order valence-electron chi connectivity index (χ0n) is 21.7. The average Bonchev–Trinajstić information content (AvgIpc) is 3.46. The largest absolute Gasteiger partial charge is 0.361 e. The molecule has 2 aliphatic rings. The highest BCUT2D eigenvalue weighted by molar-refractivity contribution is 6.76. The van der Waals surface area contributed by atoms with Gasteiger partial charge >= 0.3 is 0 Å². The van der Waals surface area contributed by atoms with E-state index in [-0.39, 0.29) is 49.5 Å². The van der Waals surface area contributed by atoms with E-state index in [1.165, 1.54) is 4.90 Å². The Hall–Kier alpha value is -3.83. The van der Waals surface area contributed by atoms with Gasteiger partial charge in [-0.2, -0.15) is 0 Å². The number of imide groups is 1. The third-order valence-electron chi connectivity index (χ3n) is 6.91. The predicted octanol–water partition coefficient (Wildman–Crippen LogP) is 3.60. The Bertz CT molecular complexity index is 1430. The van der Waals surface area contributed by atoms with Crippen molar-refractivity contribution in [2.24, 2.45) is 0 Å². The fraction of sp³-hybridized carbons (Fsp3) is 0.370. The van der Waals surface area contributed by atoms with Crippen molar-refractivity contribution in [3.63, 3.8) is 0 Å². The molecular weight excluding hydrogens is 502 g/mol. The van der Waals surface area contributed by atoms with Gasteiger partial charge in [-0.25, -0.2) is 4.98 Å². The number of H-pyrrole nitrogens is 1. The number of piperidine rings is 1. The Labute approximate surface area is 221 Å². The van der Waals surface area contributed by atoms with Crippen molar-refractivity contribution in [2.75, 3.05) is 18.7 Å². The molecule has 2 N–H and O–H groups in total. The van der Waals surface area contributed by atoms with E-state index in [0.29, 0.717) is 29.1 Å². The van der Waals surface area contributed by atoms with Crippen molar-refractivity contribution in [3.05, 3.63) is 59.4 Å². The number of benzene rings is 1. The minimum Gasteiger partial charge on any atom is -0.361 e. The zero-order valence-corrected chi connectivity index (χ0v) is 22.7. The lowest BCUT2D eigenvalue weighted by atomic mass is 10.0. The lowest BCUT2D eigenvalue weighted by molar-refractivity contribution is -0.158. The number of hydrogen-bond acceptors (Lipinski definition) is 6. The van der Waals surface area contributed by atoms with Gasteiger partial charge in [0.15, 0.2) is 0 Å². The summed E-state index contributed by atoms with van der Waals surface area (Å²) in [6.45, 7) is 7.32. The molecular formula is C27H31N5O5Si. The van der Waals surface area contributed by atoms with Crippen LogP contribution in [0.25, 0.3) is 11.0 Å². The molecule has 3 aromatic rings. The number of amides is 4. The van der Waals surface area contributed by atoms with Crippen LogP contribution in [0.4, 0.5) is 5.69 Å². The molecule has 2 aromatic heterocycles. The van der Waals surface area contributed by atoms with E-state index in [4.69, 9.17) is 4.74 Å². The van der Waals surface area contributed by atoms with Crippen molar-refractivity contribution >= 4 is 48.4 Å². The molecule has 0 saturated carbocycles. The minimum atomic E-state index is -1.30. The van der Waals surface area contributed by atoms with Gasteiger partial charge in [-0.1, -0.05) is 19.6 Å². The van der Waals surface area contributed by atoms with Gasteiger partial charge in [0, 0.05) is 50.5 Å². The number of nitrogens with zero attached hydrogens (tertiary/aromatic N) is 3. The van der Waals surface area contributed by atoms with Crippen LogP contribution in [0.5, 0.6) is 0 Å². The normalized spacial score (nSPS) is 17.9. The van der Waals surface area contributed by atoms with Crippen LogP contribution in [-0.2, 0) is 20.9 Å². The maximum absolute atomic E-state index is 13.2. The first kappa shape index (κ1) is 25.8. The fourth-order valence-electron chi connectivity index (χ4n) is 4.71. The molecule has 1 aromatic carbocycles. The summed E-state index contributed by atoms with van der Waals surface area (Å²) in [7, 11) is -1.30. The second kappa shape index (κ2) is 10.1. The monoisotopic (exact) mass is 533 g/mol. The van der Waals surface area contributed by atoms with Crippen LogP contribution >= 0.6 is 0 Å². The maximum atomic E-state index is 13.2. The van der Waals surface area contributed by atoms with E-state index in [2.05, 4.69) is 34.9 Å². The summed E-state index contributed by atoms with van der Waals surface area (Å²) >= 11 is 0. The minimum absolute atomic E-state index is 0.0912. The number of aromatic amines is 1. The quantitative estimate of drug-likeness (QED) is 0.259. The Kier molecular flexibility index (Phi) is 6.89. The van der Waals surface area contributed by atoms with Crippen molar-refractivity contribution in [1.82, 2.24) is 19.8 Å². The predicted molar refractivity (Wildman–Crippen MR) is 144 cm³/mol. The number of rotatable bonds is 8. The molecule has 1 fully saturated rings. The summed E-state index contributed by atoms with van der Waals surface area (Å²) in [6, 6.07) is 10.6. The smallest absolute Gasteiger partial charge is 0.274 e. The van der Waals surface area contributed by atoms with Crippen LogP contribution in [0.3, 0.4) is 0 Å². The third kappa shape index (κ3) is 5.25. The van der Waals surface area contributed by atoms with Gasteiger partial charge in [0.1, 0.15) is 24.1 Å². The summed E-state index contributed by atoms with van der Waals surface area (Å²) in [4.78, 5) is 61.6. The van der Waals surface area contributed by atoms with Gasteiger partial charge in [-0.3, -0.25) is 24.1 Å². The lowest BCUT2D eigenvalue weighted by Crippen LogP contribution is -2.55. The van der Waals surface area contributed by atoms with Crippen LogP contribution in [-0.4, -0.2) is 70.8 Å². The number of carbonyl (C=O) groups excluding carboxylic acids is 4. The molecule has 0 aliphatic carbocycles. The molecule has 1 atom stereocenters. The standard InChI is InChI=1S/C27H31N5O5Si/c1-38(2,3)13-12-37-16-32-23(33)9-8-22(27(32)36)31-15-18-14-19(5-6-20(18)26(31)35)29-25(34)21-7-4-17-10-11-28-24(17)30-21/h4-7,10-11,14,22H,8-9,12-13,15-16H2,1-3H3,(H,28,30)(H,29,34). The van der Waals surface area contributed by atoms with Crippen molar-refractivity contribution in [1.29, 1.82) is 0 Å². The highest BCUT2D eigenvalue weighted by Gasteiger charge is 2.42. The van der Waals surface area contributed by atoms with Crippen molar-refractivity contribution < 1.29 is 23.9 Å². The van der Waals surface area contributed by atoms with Gasteiger partial charge in [-0.05, 0) is 54.4 Å². The first-order valence-electron chi connectivity index (χ1n) is 12.7. The molecule has 10 nitrogen and oxygen atoms in total. The van der Waals surface area contributed by atoms with E-state index >= 15 is 0 Å². The van der Waals surface area contributed by atoms with Gasteiger partial charge in [-0.15, -0.1) is 0 Å². The Morgan fingerprint density at radius 1 is 1.16 bits per heavy atom. The lowest BCUT2D eigenvalue weighted by Gasteiger charge is -2.35. The summed E-state index contributed by atoms with van der Waals surface area (Å²) in [5, 5.41) is 3.75. The molecule has 38 heavy (non-hydrogen) atoms. The van der Waals surface area contributed by atoms with Gasteiger partial charge in [0.2, 0.25) is 5.91 Å². The number of fused-ring (bicyclic) bond motifs is 2. The number of hydrogen-bond donors (Lipinski definition) is 2. The average molecular weight is 534 g/mol. The van der Waals surface area contributed by atoms with E-state index < -0.39 is 20.0 Å². The number of ether oxygens (including phenoxy) is 1. The van der Waals surface area contributed by atoms with Gasteiger partial charge in [0.25, 0.3) is 17.7 Å². The Balaban J connectivity index is 1.25. The second-order valence-corrected chi connectivity index (χ2v) is 16.6. The molecule has 0 bridgehead atoms. The van der Waals surface area contributed by atoms with E-state index in [1.807, 2.05) is 12.1 Å². The third-order valence-corrected chi connectivity index (χ3v) is 8.62. The van der Waals surface area contributed by atoms with Crippen molar-refractivity contribution in [3.8, 4) is 0 Å². The Morgan fingerprint density at radius 2 is 1.97 bits per heavy atom. The van der Waals surface area contributed by atoms with Crippen LogP contribution < -0.4 is 5.32 Å². The van der Waals surface area contributed by atoms with Crippen LogP contribution in [0.1, 0.15) is 39.3 Å². The number of anilines is 1. The summed E-state index contributed by atoms with van der Waals surface area (Å²) in [5.41, 5.74) is 2.61. The molecule has 11 heteroatoms. The van der Waals surface area contributed by atoms with Crippen LogP contribution in [0, 0.1) is 0 Å². The Morgan fingerprint density at radius 3 is 2.76 bits per heavy atom. The second-order valence-electron chi connectivity index (χ2n) is 10.9. The SMILES string of the molecule is C[Si](C)(C)CCOCN1C(=O)CCC(N2Cc3cc(NC(=O)c4ccc5cc[nH]c5n4)ccc3C2=O)C1=O. The topological polar surface area (TPSA) is 125 Å². The number of carbonyl (C=O) groups is 4. The van der Waals surface area contributed by atoms with Crippen molar-refractivity contribution in [2.45, 2.75) is 51.1 Å². The van der Waals surface area contributed by atoms with E-state index in [0.717, 1.165) is 16.3 Å². The molecule has 1 unspecified atom stereocenters. The fourth-order valence-corrected chi connectivity index (χ4v) is 5.46. The number of likely N-dealkylation sites (tertiary alicyclic amines) is 1. The van der Waals surface area contributed by atoms with Crippen LogP contribution in [0.15, 0.2) is 42.6 Å². The molecule has 0 spiro atoms. The number of pyridine rings is 1. The molecule has 1 saturated heterocycles. The van der Waals surface area contributed by atoms with Gasteiger partial charge < -0.3 is 19.9 Å². The number of nitrogens with one attached hydrogen (secondary N) is 2. The molecule has 198 valence electrons. The summed E-state index contributed by atoms with van der Waals surface area (Å²) < 4.78 is 5.67. The molecule has 2 aliphatic heterocycles. The van der Waals surface area contributed by atoms with E-state index in [9.17, 15) is 19.2 Å². The summed E-state index contributed by atoms with van der Waals surface area (Å²) in [6.07, 6.45) is 2.21. The van der Waals surface area contributed by atoms with E-state index in [1.54, 1.807) is 30.5 Å². The summed E-state index contributed by atoms with van der Waals surface area (Å²) in [5.74, 6) is -1.31. The molecule has 4 heterocycles. The van der Waals surface area contributed by atoms with Gasteiger partial charge in [0.05, 0.1) is 0 Å². The molecule has 4 amide bonds. The maximum Gasteiger partial charge on any atom is 0.274 e. The molecule has 5 rings (SSSR count). The first-order chi connectivity index (χ1) is 18.1. The zero-order chi connectivity index (χ0) is 27.0. The molecule has 0 radical (unpaired) electrons. The highest BCUT2D eigenvalue weighted by Crippen LogP contribution is 2.31. The first-order valence-corrected chi connectivity index (χ1v) is 16.4. The number of aromatic nitrogens is 2. The highest BCUT2D eigenvalue weighted by atomic mass is 28.3.